The molecule has 1 unspecified atom stereocenters. The van der Waals surface area contributed by atoms with E-state index in [1.165, 1.54) is 0 Å². The summed E-state index contributed by atoms with van der Waals surface area (Å²) in [6, 6.07) is 0. The molecule has 0 aliphatic rings. The molecular formula is C10H17ClN2O3S. The lowest BCUT2D eigenvalue weighted by atomic mass is 10.0. The fourth-order valence-corrected chi connectivity index (χ4v) is 3.57. The Bertz CT molecular complexity index is 472. The van der Waals surface area contributed by atoms with Crippen LogP contribution in [0.25, 0.3) is 0 Å². The van der Waals surface area contributed by atoms with E-state index in [4.69, 9.17) is 16.1 Å². The molecule has 0 bridgehead atoms. The maximum atomic E-state index is 12.2. The molecule has 1 atom stereocenters. The van der Waals surface area contributed by atoms with Gasteiger partial charge in [-0.2, -0.15) is 0 Å². The number of alkyl halides is 1. The van der Waals surface area contributed by atoms with Crippen LogP contribution in [0.2, 0.25) is 0 Å². The largest absolute Gasteiger partial charge is 0.360 e. The van der Waals surface area contributed by atoms with E-state index in [0.29, 0.717) is 12.1 Å². The second kappa shape index (κ2) is 4.96. The first kappa shape index (κ1) is 14.5. The van der Waals surface area contributed by atoms with E-state index in [2.05, 4.69) is 9.88 Å². The lowest BCUT2D eigenvalue weighted by molar-refractivity contribution is 0.390. The highest BCUT2D eigenvalue weighted by Crippen LogP contribution is 2.22. The zero-order valence-electron chi connectivity index (χ0n) is 10.4. The normalized spacial score (nSPS) is 15.8. The lowest BCUT2D eigenvalue weighted by Gasteiger charge is -2.26. The summed E-state index contributed by atoms with van der Waals surface area (Å²) in [4.78, 5) is 0.0993. The van der Waals surface area contributed by atoms with Gasteiger partial charge >= 0.3 is 0 Å². The number of nitrogens with one attached hydrogen (secondary N) is 1. The Kier molecular flexibility index (Phi) is 4.22. The van der Waals surface area contributed by atoms with Crippen molar-refractivity contribution in [1.29, 1.82) is 0 Å². The number of halogens is 1. The van der Waals surface area contributed by atoms with Gasteiger partial charge in [-0.1, -0.05) is 12.1 Å². The number of hydrogen-bond acceptors (Lipinski definition) is 4. The first-order valence-electron chi connectivity index (χ1n) is 5.28. The van der Waals surface area contributed by atoms with Crippen LogP contribution in [0, 0.1) is 13.8 Å². The third kappa shape index (κ3) is 3.00. The quantitative estimate of drug-likeness (QED) is 0.837. The van der Waals surface area contributed by atoms with Gasteiger partial charge in [0.05, 0.1) is 0 Å². The Morgan fingerprint density at radius 2 is 2.06 bits per heavy atom. The van der Waals surface area contributed by atoms with Crippen molar-refractivity contribution in [3.8, 4) is 0 Å². The third-order valence-electron chi connectivity index (χ3n) is 2.69. The maximum absolute atomic E-state index is 12.2. The second-order valence-electron chi connectivity index (χ2n) is 4.31. The number of sulfonamides is 1. The molecule has 0 amide bonds. The highest BCUT2D eigenvalue weighted by atomic mass is 35.5. The molecule has 0 saturated heterocycles. The zero-order valence-corrected chi connectivity index (χ0v) is 11.9. The van der Waals surface area contributed by atoms with Crippen molar-refractivity contribution in [2.24, 2.45) is 0 Å². The van der Waals surface area contributed by atoms with E-state index in [0.717, 1.165) is 0 Å². The molecule has 0 saturated carbocycles. The minimum Gasteiger partial charge on any atom is -0.360 e. The van der Waals surface area contributed by atoms with Gasteiger partial charge in [0.2, 0.25) is 10.0 Å². The molecule has 0 aliphatic carbocycles. The number of aromatic nitrogens is 1. The molecule has 1 N–H and O–H groups in total. The Morgan fingerprint density at radius 3 is 2.41 bits per heavy atom. The van der Waals surface area contributed by atoms with Crippen molar-refractivity contribution in [3.05, 3.63) is 11.5 Å². The first-order chi connectivity index (χ1) is 7.75. The molecule has 0 fully saturated rings. The van der Waals surface area contributed by atoms with Crippen LogP contribution < -0.4 is 4.72 Å². The van der Waals surface area contributed by atoms with Gasteiger partial charge in [0.25, 0.3) is 0 Å². The molecule has 0 aliphatic heterocycles. The molecule has 0 radical (unpaired) electrons. The Morgan fingerprint density at radius 1 is 1.47 bits per heavy atom. The summed E-state index contributed by atoms with van der Waals surface area (Å²) in [7, 11) is -3.65. The van der Waals surface area contributed by atoms with Crippen molar-refractivity contribution in [3.63, 3.8) is 0 Å². The summed E-state index contributed by atoms with van der Waals surface area (Å²) in [6.07, 6.45) is 0.596. The molecule has 1 rings (SSSR count). The Balaban J connectivity index is 3.14. The van der Waals surface area contributed by atoms with Crippen molar-refractivity contribution in [2.75, 3.05) is 5.88 Å². The first-order valence-corrected chi connectivity index (χ1v) is 7.30. The van der Waals surface area contributed by atoms with E-state index in [1.54, 1.807) is 20.8 Å². The summed E-state index contributed by atoms with van der Waals surface area (Å²) >= 11 is 5.79. The van der Waals surface area contributed by atoms with Crippen LogP contribution in [0.3, 0.4) is 0 Å². The summed E-state index contributed by atoms with van der Waals surface area (Å²) in [5.41, 5.74) is -0.320. The number of nitrogens with zero attached hydrogens (tertiary/aromatic N) is 1. The summed E-state index contributed by atoms with van der Waals surface area (Å²) in [5.74, 6) is 0.481. The predicted octanol–water partition coefficient (Wildman–Crippen LogP) is 1.98. The van der Waals surface area contributed by atoms with Gasteiger partial charge in [-0.05, 0) is 27.2 Å². The van der Waals surface area contributed by atoms with Crippen LogP contribution in [0.1, 0.15) is 31.7 Å². The zero-order chi connectivity index (χ0) is 13.3. The average Bonchev–Trinajstić information content (AvgIpc) is 2.58. The van der Waals surface area contributed by atoms with Crippen LogP contribution in [0.4, 0.5) is 0 Å². The van der Waals surface area contributed by atoms with Crippen LogP contribution in [0.15, 0.2) is 9.42 Å². The SMILES string of the molecule is CCC(C)(CCl)NS(=O)(=O)c1c(C)noc1C. The van der Waals surface area contributed by atoms with E-state index in [-0.39, 0.29) is 16.5 Å². The highest BCUT2D eigenvalue weighted by molar-refractivity contribution is 7.89. The number of rotatable bonds is 5. The predicted molar refractivity (Wildman–Crippen MR) is 65.7 cm³/mol. The molecule has 1 heterocycles. The second-order valence-corrected chi connectivity index (χ2v) is 6.19. The van der Waals surface area contributed by atoms with Crippen molar-refractivity contribution >= 4 is 21.6 Å². The van der Waals surface area contributed by atoms with Gasteiger partial charge < -0.3 is 4.52 Å². The average molecular weight is 281 g/mol. The van der Waals surface area contributed by atoms with Crippen LogP contribution >= 0.6 is 11.6 Å². The summed E-state index contributed by atoms with van der Waals surface area (Å²) in [5, 5.41) is 3.64. The van der Waals surface area contributed by atoms with Gasteiger partial charge in [0.15, 0.2) is 5.76 Å². The molecule has 0 aromatic carbocycles. The van der Waals surface area contributed by atoms with E-state index >= 15 is 0 Å². The highest BCUT2D eigenvalue weighted by Gasteiger charge is 2.32. The third-order valence-corrected chi connectivity index (χ3v) is 5.16. The van der Waals surface area contributed by atoms with Crippen LogP contribution in [-0.4, -0.2) is 25.0 Å². The molecule has 98 valence electrons. The van der Waals surface area contributed by atoms with E-state index in [1.807, 2.05) is 6.92 Å². The topological polar surface area (TPSA) is 72.2 Å². The van der Waals surface area contributed by atoms with Gasteiger partial charge in [0.1, 0.15) is 10.6 Å². The van der Waals surface area contributed by atoms with Gasteiger partial charge in [-0.3, -0.25) is 0 Å². The summed E-state index contributed by atoms with van der Waals surface area (Å²) in [6.45, 7) is 6.79. The van der Waals surface area contributed by atoms with Crippen molar-refractivity contribution < 1.29 is 12.9 Å². The molecule has 7 heteroatoms. The standard InChI is InChI=1S/C10H17ClN2O3S/c1-5-10(4,6-11)13-17(14,15)9-7(2)12-16-8(9)3/h13H,5-6H2,1-4H3. The van der Waals surface area contributed by atoms with Gasteiger partial charge in [0, 0.05) is 11.4 Å². The molecule has 1 aromatic heterocycles. The van der Waals surface area contributed by atoms with Crippen LogP contribution in [0.5, 0.6) is 0 Å². The monoisotopic (exact) mass is 280 g/mol. The Hall–Kier alpha value is -0.590. The molecule has 17 heavy (non-hydrogen) atoms. The van der Waals surface area contributed by atoms with E-state index < -0.39 is 15.6 Å². The smallest absolute Gasteiger partial charge is 0.246 e. The minimum atomic E-state index is -3.65. The minimum absolute atomic E-state index is 0.0993. The van der Waals surface area contributed by atoms with Gasteiger partial charge in [-0.25, -0.2) is 13.1 Å². The Labute approximate surface area is 107 Å². The number of hydrogen-bond donors (Lipinski definition) is 1. The van der Waals surface area contributed by atoms with Crippen molar-refractivity contribution in [2.45, 2.75) is 44.6 Å². The van der Waals surface area contributed by atoms with E-state index in [9.17, 15) is 8.42 Å². The van der Waals surface area contributed by atoms with Gasteiger partial charge in [-0.15, -0.1) is 11.6 Å². The maximum Gasteiger partial charge on any atom is 0.246 e. The lowest BCUT2D eigenvalue weighted by Crippen LogP contribution is -2.47. The molecule has 1 aromatic rings. The van der Waals surface area contributed by atoms with Crippen molar-refractivity contribution in [1.82, 2.24) is 9.88 Å². The molecule has 5 nitrogen and oxygen atoms in total. The fourth-order valence-electron chi connectivity index (χ4n) is 1.43. The molecular weight excluding hydrogens is 264 g/mol. The summed E-state index contributed by atoms with van der Waals surface area (Å²) < 4.78 is 31.9. The van der Waals surface area contributed by atoms with Crippen LogP contribution in [-0.2, 0) is 10.0 Å². The fraction of sp³-hybridized carbons (Fsp3) is 0.700. The number of aryl methyl sites for hydroxylation is 2. The molecule has 0 spiro atoms.